The van der Waals surface area contributed by atoms with Gasteiger partial charge in [-0.2, -0.15) is 0 Å². The van der Waals surface area contributed by atoms with Gasteiger partial charge in [0.2, 0.25) is 0 Å². The van der Waals surface area contributed by atoms with Crippen molar-refractivity contribution in [2.24, 2.45) is 0 Å². The summed E-state index contributed by atoms with van der Waals surface area (Å²) in [7, 11) is 0. The Morgan fingerprint density at radius 3 is 2.59 bits per heavy atom. The molecule has 29 heavy (non-hydrogen) atoms. The first kappa shape index (κ1) is 19.3. The summed E-state index contributed by atoms with van der Waals surface area (Å²) in [5.41, 5.74) is 3.95. The van der Waals surface area contributed by atoms with Crippen molar-refractivity contribution in [2.45, 2.75) is 39.0 Å². The van der Waals surface area contributed by atoms with Gasteiger partial charge in [-0.1, -0.05) is 24.6 Å². The Hall–Kier alpha value is -2.99. The van der Waals surface area contributed by atoms with Crippen molar-refractivity contribution < 1.29 is 9.59 Å². The molecule has 2 amide bonds. The molecule has 5 nitrogen and oxygen atoms in total. The molecule has 4 rings (SSSR count). The number of nitrogens with zero attached hydrogens (tertiary/aromatic N) is 1. The van der Waals surface area contributed by atoms with Crippen molar-refractivity contribution in [3.63, 3.8) is 0 Å². The topological polar surface area (TPSA) is 71.1 Å². The van der Waals surface area contributed by atoms with Crippen LogP contribution in [0.3, 0.4) is 0 Å². The zero-order valence-electron chi connectivity index (χ0n) is 16.3. The average Bonchev–Trinajstić information content (AvgIpc) is 2.90. The highest BCUT2D eigenvalue weighted by atomic mass is 32.1. The Labute approximate surface area is 174 Å². The molecule has 1 aliphatic rings. The fraction of sp³-hybridized carbons (Fsp3) is 0.261. The lowest BCUT2D eigenvalue weighted by Gasteiger charge is -2.11. The molecule has 0 bridgehead atoms. The van der Waals surface area contributed by atoms with Crippen LogP contribution in [0.5, 0.6) is 0 Å². The van der Waals surface area contributed by atoms with Crippen LogP contribution in [-0.2, 0) is 12.8 Å². The zero-order chi connectivity index (χ0) is 20.2. The minimum absolute atomic E-state index is 0.166. The summed E-state index contributed by atoms with van der Waals surface area (Å²) in [5, 5.41) is 6.63. The Balaban J connectivity index is 1.68. The van der Waals surface area contributed by atoms with Crippen LogP contribution in [0, 0.1) is 6.92 Å². The van der Waals surface area contributed by atoms with Crippen molar-refractivity contribution in [2.75, 3.05) is 10.6 Å². The van der Waals surface area contributed by atoms with E-state index in [2.05, 4.69) is 15.6 Å². The molecular formula is C23H23N3O2S. The third-order valence-corrected chi connectivity index (χ3v) is 6.40. The molecule has 1 aromatic carbocycles. The van der Waals surface area contributed by atoms with Crippen LogP contribution >= 0.6 is 11.3 Å². The summed E-state index contributed by atoms with van der Waals surface area (Å²) in [6.07, 6.45) is 8.31. The van der Waals surface area contributed by atoms with Gasteiger partial charge in [0.1, 0.15) is 5.00 Å². The van der Waals surface area contributed by atoms with Crippen molar-refractivity contribution in [1.29, 1.82) is 0 Å². The van der Waals surface area contributed by atoms with Crippen LogP contribution in [0.15, 0.2) is 48.8 Å². The normalized spacial score (nSPS) is 13.3. The second kappa shape index (κ2) is 8.57. The van der Waals surface area contributed by atoms with Gasteiger partial charge in [0.15, 0.2) is 0 Å². The van der Waals surface area contributed by atoms with E-state index < -0.39 is 0 Å². The van der Waals surface area contributed by atoms with Crippen molar-refractivity contribution in [3.05, 3.63) is 75.9 Å². The molecule has 2 heterocycles. The number of carbonyl (C=O) groups excluding carboxylic acids is 2. The van der Waals surface area contributed by atoms with Gasteiger partial charge >= 0.3 is 0 Å². The Kier molecular flexibility index (Phi) is 5.71. The van der Waals surface area contributed by atoms with Crippen LogP contribution in [0.1, 0.15) is 56.0 Å². The fourth-order valence-corrected chi connectivity index (χ4v) is 4.92. The van der Waals surface area contributed by atoms with E-state index in [9.17, 15) is 9.59 Å². The van der Waals surface area contributed by atoms with E-state index in [-0.39, 0.29) is 11.8 Å². The largest absolute Gasteiger partial charge is 0.322 e. The van der Waals surface area contributed by atoms with Gasteiger partial charge in [0, 0.05) is 23.0 Å². The Morgan fingerprint density at radius 1 is 0.966 bits per heavy atom. The number of rotatable bonds is 4. The summed E-state index contributed by atoms with van der Waals surface area (Å²) in [5.74, 6) is -0.417. The Bertz CT molecular complexity index is 1040. The van der Waals surface area contributed by atoms with E-state index in [4.69, 9.17) is 0 Å². The molecule has 0 unspecified atom stereocenters. The number of carbonyl (C=O) groups is 2. The van der Waals surface area contributed by atoms with Gasteiger partial charge in [0.25, 0.3) is 11.8 Å². The number of hydrogen-bond donors (Lipinski definition) is 2. The number of fused-ring (bicyclic) bond motifs is 1. The van der Waals surface area contributed by atoms with Crippen LogP contribution in [0.25, 0.3) is 0 Å². The lowest BCUT2D eigenvalue weighted by Crippen LogP contribution is -2.18. The smallest absolute Gasteiger partial charge is 0.258 e. The SMILES string of the molecule is Cc1ccccc1NC(=O)c1c(NC(=O)c2cccnc2)sc2c1CCCCC2. The van der Waals surface area contributed by atoms with E-state index in [1.807, 2.05) is 31.2 Å². The lowest BCUT2D eigenvalue weighted by atomic mass is 10.0. The highest BCUT2D eigenvalue weighted by molar-refractivity contribution is 7.17. The number of aromatic nitrogens is 1. The monoisotopic (exact) mass is 405 g/mol. The first-order chi connectivity index (χ1) is 14.1. The summed E-state index contributed by atoms with van der Waals surface area (Å²) in [6.45, 7) is 1.97. The van der Waals surface area contributed by atoms with E-state index in [1.165, 1.54) is 22.4 Å². The number of nitrogens with one attached hydrogen (secondary N) is 2. The highest BCUT2D eigenvalue weighted by Gasteiger charge is 2.26. The van der Waals surface area contributed by atoms with Crippen molar-refractivity contribution in [3.8, 4) is 0 Å². The molecule has 2 N–H and O–H groups in total. The molecule has 0 atom stereocenters. The van der Waals surface area contributed by atoms with Crippen LogP contribution in [0.4, 0.5) is 10.7 Å². The number of pyridine rings is 1. The van der Waals surface area contributed by atoms with Gasteiger partial charge < -0.3 is 10.6 Å². The molecule has 1 aliphatic carbocycles. The average molecular weight is 406 g/mol. The number of amides is 2. The van der Waals surface area contributed by atoms with Crippen LogP contribution in [-0.4, -0.2) is 16.8 Å². The third kappa shape index (κ3) is 4.22. The molecular weight excluding hydrogens is 382 g/mol. The molecule has 6 heteroatoms. The molecule has 3 aromatic rings. The van der Waals surface area contributed by atoms with Crippen LogP contribution in [0.2, 0.25) is 0 Å². The molecule has 0 aliphatic heterocycles. The summed E-state index contributed by atoms with van der Waals surface area (Å²) >= 11 is 1.53. The minimum atomic E-state index is -0.251. The number of benzene rings is 1. The van der Waals surface area contributed by atoms with E-state index >= 15 is 0 Å². The number of thiophene rings is 1. The van der Waals surface area contributed by atoms with E-state index in [0.717, 1.165) is 48.9 Å². The van der Waals surface area contributed by atoms with E-state index in [0.29, 0.717) is 16.1 Å². The molecule has 0 saturated heterocycles. The maximum atomic E-state index is 13.3. The molecule has 148 valence electrons. The first-order valence-electron chi connectivity index (χ1n) is 9.86. The van der Waals surface area contributed by atoms with Crippen LogP contribution < -0.4 is 10.6 Å². The quantitative estimate of drug-likeness (QED) is 0.584. The predicted molar refractivity (Wildman–Crippen MR) is 117 cm³/mol. The highest BCUT2D eigenvalue weighted by Crippen LogP contribution is 2.38. The van der Waals surface area contributed by atoms with Gasteiger partial charge in [-0.3, -0.25) is 14.6 Å². The minimum Gasteiger partial charge on any atom is -0.322 e. The second-order valence-electron chi connectivity index (χ2n) is 7.23. The molecule has 0 fully saturated rings. The molecule has 2 aromatic heterocycles. The summed E-state index contributed by atoms with van der Waals surface area (Å²) in [4.78, 5) is 31.2. The standard InChI is InChI=1S/C23H23N3O2S/c1-15-8-5-6-11-18(15)25-22(28)20-17-10-3-2-4-12-19(17)29-23(20)26-21(27)16-9-7-13-24-14-16/h5-9,11,13-14H,2-4,10,12H2,1H3,(H,25,28)(H,26,27). The maximum absolute atomic E-state index is 13.3. The molecule has 0 spiro atoms. The second-order valence-corrected chi connectivity index (χ2v) is 8.34. The van der Waals surface area contributed by atoms with Crippen molar-refractivity contribution >= 4 is 33.8 Å². The van der Waals surface area contributed by atoms with Gasteiger partial charge in [-0.05, 0) is 61.9 Å². The number of aryl methyl sites for hydroxylation is 2. The predicted octanol–water partition coefficient (Wildman–Crippen LogP) is 5.23. The van der Waals surface area contributed by atoms with Gasteiger partial charge in [-0.15, -0.1) is 11.3 Å². The molecule has 0 radical (unpaired) electrons. The molecule has 0 saturated carbocycles. The first-order valence-corrected chi connectivity index (χ1v) is 10.7. The lowest BCUT2D eigenvalue weighted by molar-refractivity contribution is 0.102. The van der Waals surface area contributed by atoms with E-state index in [1.54, 1.807) is 18.3 Å². The zero-order valence-corrected chi connectivity index (χ0v) is 17.1. The number of anilines is 2. The number of hydrogen-bond acceptors (Lipinski definition) is 4. The summed E-state index contributed by atoms with van der Waals surface area (Å²) < 4.78 is 0. The fourth-order valence-electron chi connectivity index (χ4n) is 3.64. The summed E-state index contributed by atoms with van der Waals surface area (Å²) in [6, 6.07) is 11.2. The third-order valence-electron chi connectivity index (χ3n) is 5.19. The maximum Gasteiger partial charge on any atom is 0.258 e. The van der Waals surface area contributed by atoms with Gasteiger partial charge in [-0.25, -0.2) is 0 Å². The Morgan fingerprint density at radius 2 is 1.79 bits per heavy atom. The van der Waals surface area contributed by atoms with Gasteiger partial charge in [0.05, 0.1) is 11.1 Å². The van der Waals surface area contributed by atoms with Crippen molar-refractivity contribution in [1.82, 2.24) is 4.98 Å². The number of para-hydroxylation sites is 1.